The summed E-state index contributed by atoms with van der Waals surface area (Å²) in [4.78, 5) is 71.3. The van der Waals surface area contributed by atoms with Gasteiger partial charge in [0.1, 0.15) is 11.6 Å². The van der Waals surface area contributed by atoms with E-state index in [1.54, 1.807) is 34.6 Å². The third-order valence-corrected chi connectivity index (χ3v) is 17.1. The largest absolute Gasteiger partial charge is 0.481 e. The van der Waals surface area contributed by atoms with Crippen molar-refractivity contribution in [3.63, 3.8) is 0 Å². The van der Waals surface area contributed by atoms with E-state index in [0.29, 0.717) is 83.5 Å². The number of nitrogens with two attached hydrogens (primary N) is 2. The van der Waals surface area contributed by atoms with Crippen LogP contribution in [0, 0.1) is 16.2 Å². The van der Waals surface area contributed by atoms with E-state index < -0.39 is 65.0 Å². The number of carbonyl (C=O) groups is 6. The Hall–Kier alpha value is -3.51. The van der Waals surface area contributed by atoms with E-state index in [0.717, 1.165) is 44.7 Å². The van der Waals surface area contributed by atoms with Crippen LogP contribution in [0.1, 0.15) is 206 Å². The molecule has 0 aromatic heterocycles. The highest BCUT2D eigenvalue weighted by Crippen LogP contribution is 2.46. The number of amides is 3. The molecule has 2 saturated heterocycles. The summed E-state index contributed by atoms with van der Waals surface area (Å²) >= 11 is 0. The van der Waals surface area contributed by atoms with Crippen LogP contribution in [0.5, 0.6) is 0 Å². The molecule has 0 radical (unpaired) electrons. The lowest BCUT2D eigenvalue weighted by Crippen LogP contribution is -2.49. The number of ether oxygens (including phenoxy) is 1. The number of unbranched alkanes of at least 4 members (excludes halogenated alkanes) is 3. The minimum atomic E-state index is -1.34. The fraction of sp³-hybridized carbons (Fsp3) is 0.887. The molecule has 0 aromatic rings. The molecule has 5 aliphatic rings. The third kappa shape index (κ3) is 19.9. The number of carboxylic acids is 3. The summed E-state index contributed by atoms with van der Waals surface area (Å²) in [6, 6.07) is -1.73. The van der Waals surface area contributed by atoms with Crippen molar-refractivity contribution < 1.29 is 77.5 Å². The zero-order chi connectivity index (χ0) is 58.6. The van der Waals surface area contributed by atoms with Crippen LogP contribution in [0.15, 0.2) is 0 Å². The molecule has 77 heavy (non-hydrogen) atoms. The van der Waals surface area contributed by atoms with Gasteiger partial charge >= 0.3 is 45.4 Å². The third-order valence-electron chi connectivity index (χ3n) is 17.1. The van der Waals surface area contributed by atoms with Crippen LogP contribution < -0.4 is 27.4 Å². The van der Waals surface area contributed by atoms with E-state index in [2.05, 4.69) is 16.0 Å². The topological polar surface area (TPSA) is 338 Å². The first-order valence-corrected chi connectivity index (χ1v) is 28.2. The van der Waals surface area contributed by atoms with Crippen LogP contribution in [0.25, 0.3) is 0 Å². The molecule has 440 valence electrons. The molecule has 21 nitrogen and oxygen atoms in total. The molecule has 2 heterocycles. The Labute approximate surface area is 459 Å². The van der Waals surface area contributed by atoms with Gasteiger partial charge in [0.15, 0.2) is 0 Å². The molecule has 24 heteroatoms. The molecule has 3 aliphatic carbocycles. The van der Waals surface area contributed by atoms with Gasteiger partial charge in [0.25, 0.3) is 0 Å². The average molecular weight is 1090 g/mol. The van der Waals surface area contributed by atoms with Crippen LogP contribution in [0.2, 0.25) is 19.0 Å². The second-order valence-corrected chi connectivity index (χ2v) is 25.9. The molecule has 8 atom stereocenters. The lowest BCUT2D eigenvalue weighted by Gasteiger charge is -2.32. The first-order valence-electron chi connectivity index (χ1n) is 28.2. The van der Waals surface area contributed by atoms with Gasteiger partial charge < -0.3 is 76.1 Å². The molecule has 2 aliphatic heterocycles. The number of hydrogen-bond donors (Lipinski definition) is 10. The van der Waals surface area contributed by atoms with E-state index in [1.165, 1.54) is 0 Å². The summed E-state index contributed by atoms with van der Waals surface area (Å²) in [6.07, 6.45) is 12.6. The van der Waals surface area contributed by atoms with Crippen molar-refractivity contribution in [3.05, 3.63) is 0 Å². The van der Waals surface area contributed by atoms with Crippen molar-refractivity contribution >= 4 is 57.2 Å². The first-order chi connectivity index (χ1) is 35.3. The predicted molar refractivity (Wildman–Crippen MR) is 294 cm³/mol. The van der Waals surface area contributed by atoms with Gasteiger partial charge in [-0.1, -0.05) is 38.5 Å². The maximum Gasteiger partial charge on any atom is 0.457 e. The number of carbonyl (C=O) groups excluding carboxylic acids is 3. The highest BCUT2D eigenvalue weighted by Gasteiger charge is 2.53. The van der Waals surface area contributed by atoms with E-state index in [4.69, 9.17) is 44.9 Å². The van der Waals surface area contributed by atoms with Crippen LogP contribution in [0.4, 0.5) is 4.79 Å². The van der Waals surface area contributed by atoms with Gasteiger partial charge in [-0.25, -0.2) is 4.79 Å². The molecule has 5 rings (SSSR count). The van der Waals surface area contributed by atoms with Crippen LogP contribution in [-0.2, 0) is 47.3 Å². The van der Waals surface area contributed by atoms with Gasteiger partial charge in [-0.15, -0.1) is 0 Å². The average Bonchev–Trinajstić information content (AvgIpc) is 4.09. The van der Waals surface area contributed by atoms with Gasteiger partial charge in [-0.05, 0) is 186 Å². The zero-order valence-corrected chi connectivity index (χ0v) is 48.8. The summed E-state index contributed by atoms with van der Waals surface area (Å²) in [5, 5.41) is 54.8. The maximum absolute atomic E-state index is 12.5. The van der Waals surface area contributed by atoms with Crippen LogP contribution >= 0.6 is 0 Å². The Morgan fingerprint density at radius 1 is 0.610 bits per heavy atom. The van der Waals surface area contributed by atoms with Crippen molar-refractivity contribution in [1.29, 1.82) is 0 Å². The molecule has 0 spiro atoms. The molecule has 3 saturated carbocycles. The fourth-order valence-electron chi connectivity index (χ4n) is 11.0. The van der Waals surface area contributed by atoms with Gasteiger partial charge in [0.05, 0.1) is 44.7 Å². The number of hydrogen-bond acceptors (Lipinski definition) is 15. The van der Waals surface area contributed by atoms with E-state index in [1.807, 2.05) is 55.4 Å². The van der Waals surface area contributed by atoms with E-state index in [9.17, 15) is 44.1 Å². The van der Waals surface area contributed by atoms with Gasteiger partial charge in [0, 0.05) is 18.1 Å². The number of alkyl carbamates (subject to hydrolysis) is 1. The Morgan fingerprint density at radius 3 is 1.31 bits per heavy atom. The second-order valence-electron chi connectivity index (χ2n) is 25.9. The van der Waals surface area contributed by atoms with Gasteiger partial charge in [-0.2, -0.15) is 0 Å². The maximum atomic E-state index is 12.5. The number of aliphatic carboxylic acids is 3. The van der Waals surface area contributed by atoms with E-state index >= 15 is 0 Å². The minimum absolute atomic E-state index is 0.0409. The lowest BCUT2D eigenvalue weighted by molar-refractivity contribution is -0.150. The molecular formula is C53H98B3N5O16. The molecule has 0 bridgehead atoms. The summed E-state index contributed by atoms with van der Waals surface area (Å²) < 4.78 is 29.2. The SMILES string of the molecule is CC1(C)OB(CCCC[C@@]2(C(=O)O)CC[C@H](N)C2)OC1(C)C.C[C@H](N)C(=O)N[C@H]1CC[C@@](CCCCB(O)O)(C(=O)O)C1.C[C@H](NC(=O)OC(C)(C)C)C(=O)N[C@H]1CC[C@@](CCCCB2OC(C)(C)C(C)(C)O2)(C(=O)O)C1. The monoisotopic (exact) mass is 1090 g/mol. The van der Waals surface area contributed by atoms with Crippen LogP contribution in [0.3, 0.4) is 0 Å². The van der Waals surface area contributed by atoms with Crippen molar-refractivity contribution in [1.82, 2.24) is 16.0 Å². The standard InChI is InChI=1S/C24H43BN2O7.C16H30BNO4.C13H25BN2O5/c1-16(26-20(31)32-21(2,3)4)18(28)27-17-11-13-24(15-17,19(29)30)12-9-10-14-25-33-22(5,6)23(7,8)34-25;1-14(2)15(3,4)22-17(21-14)10-6-5-8-16(13(19)20)9-7-12(18)11-16;1-9(15)11(17)16-10-4-6-13(8-10,12(18)19)5-2-3-7-14(20)21/h16-17H,9-15H2,1-8H3,(H,26,31)(H,27,28)(H,29,30);12H,5-11,18H2,1-4H3,(H,19,20);9-10,20-21H,2-8,15H2,1H3,(H,16,17)(H,18,19)/t16-,17-,24+;12-,16+;9-,10-,13+/m000/s1. The van der Waals surface area contributed by atoms with Gasteiger partial charge in [-0.3, -0.25) is 24.0 Å². The second kappa shape index (κ2) is 27.8. The number of rotatable bonds is 23. The number of nitrogens with one attached hydrogen (secondary N) is 3. The summed E-state index contributed by atoms with van der Waals surface area (Å²) in [5.41, 5.74) is 7.14. The predicted octanol–water partition coefficient (Wildman–Crippen LogP) is 6.45. The van der Waals surface area contributed by atoms with Crippen molar-refractivity contribution in [2.24, 2.45) is 27.7 Å². The van der Waals surface area contributed by atoms with E-state index in [-0.39, 0.29) is 72.9 Å². The number of carboxylic acid groups (broad SMARTS) is 3. The fourth-order valence-corrected chi connectivity index (χ4v) is 11.0. The lowest BCUT2D eigenvalue weighted by atomic mass is 9.77. The molecule has 5 fully saturated rings. The van der Waals surface area contributed by atoms with Crippen molar-refractivity contribution in [2.75, 3.05) is 0 Å². The molecule has 0 unspecified atom stereocenters. The Morgan fingerprint density at radius 2 is 0.974 bits per heavy atom. The van der Waals surface area contributed by atoms with Crippen molar-refractivity contribution in [2.45, 2.75) is 283 Å². The first kappa shape index (κ1) is 67.8. The Bertz CT molecular complexity index is 1960. The highest BCUT2D eigenvalue weighted by atomic mass is 16.7. The van der Waals surface area contributed by atoms with Crippen molar-refractivity contribution in [3.8, 4) is 0 Å². The highest BCUT2D eigenvalue weighted by molar-refractivity contribution is 6.45. The molecular weight excluding hydrogens is 995 g/mol. The quantitative estimate of drug-likeness (QED) is 0.0388. The molecule has 0 aromatic carbocycles. The Kier molecular flexibility index (Phi) is 24.4. The smallest absolute Gasteiger partial charge is 0.457 e. The summed E-state index contributed by atoms with van der Waals surface area (Å²) in [5.74, 6) is -2.96. The Balaban J connectivity index is 0.000000317. The summed E-state index contributed by atoms with van der Waals surface area (Å²) in [7, 11) is -1.80. The minimum Gasteiger partial charge on any atom is -0.481 e. The zero-order valence-electron chi connectivity index (χ0n) is 48.8. The normalized spacial score (nSPS) is 28.5. The van der Waals surface area contributed by atoms with Gasteiger partial charge in [0.2, 0.25) is 11.8 Å². The summed E-state index contributed by atoms with van der Waals surface area (Å²) in [6.45, 7) is 24.7. The molecule has 12 N–H and O–H groups in total. The molecule has 3 amide bonds. The van der Waals surface area contributed by atoms with Crippen LogP contribution in [-0.4, -0.2) is 141 Å².